The van der Waals surface area contributed by atoms with E-state index in [0.29, 0.717) is 72.6 Å². The van der Waals surface area contributed by atoms with Crippen LogP contribution in [0.3, 0.4) is 0 Å². The van der Waals surface area contributed by atoms with Crippen LogP contribution in [0.4, 0.5) is 15.9 Å². The first-order valence-corrected chi connectivity index (χ1v) is 10.6. The molecule has 3 heterocycles. The summed E-state index contributed by atoms with van der Waals surface area (Å²) in [6, 6.07) is 4.55. The number of nitrogens with one attached hydrogen (secondary N) is 1. The van der Waals surface area contributed by atoms with Gasteiger partial charge in [-0.05, 0) is 37.5 Å². The zero-order valence-electron chi connectivity index (χ0n) is 16.3. The van der Waals surface area contributed by atoms with E-state index in [-0.39, 0.29) is 18.2 Å². The summed E-state index contributed by atoms with van der Waals surface area (Å²) in [6.07, 6.45) is 3.65. The average molecular weight is 454 g/mol. The number of ether oxygens (including phenoxy) is 1. The molecule has 6 nitrogen and oxygen atoms in total. The zero-order chi connectivity index (χ0) is 21.3. The van der Waals surface area contributed by atoms with Crippen LogP contribution in [0.25, 0.3) is 0 Å². The highest BCUT2D eigenvalue weighted by molar-refractivity contribution is 6.36. The minimum atomic E-state index is -0.470. The molecule has 0 bridgehead atoms. The van der Waals surface area contributed by atoms with Gasteiger partial charge in [0.2, 0.25) is 5.91 Å². The first kappa shape index (κ1) is 21.2. The summed E-state index contributed by atoms with van der Waals surface area (Å²) in [5, 5.41) is 13.7. The van der Waals surface area contributed by atoms with Gasteiger partial charge in [-0.2, -0.15) is 0 Å². The number of amides is 1. The quantitative estimate of drug-likeness (QED) is 0.713. The zero-order valence-corrected chi connectivity index (χ0v) is 17.8. The Kier molecular flexibility index (Phi) is 6.04. The fraction of sp³-hybridized carbons (Fsp3) is 0.429. The maximum atomic E-state index is 14.1. The van der Waals surface area contributed by atoms with Crippen LogP contribution >= 0.6 is 23.2 Å². The number of hydrogen-bond acceptors (Lipinski definition) is 5. The second kappa shape index (κ2) is 8.57. The molecule has 2 aliphatic heterocycles. The van der Waals surface area contributed by atoms with E-state index in [9.17, 15) is 14.3 Å². The van der Waals surface area contributed by atoms with Crippen molar-refractivity contribution in [1.82, 2.24) is 4.98 Å². The molecule has 2 aromatic rings. The third kappa shape index (κ3) is 4.19. The summed E-state index contributed by atoms with van der Waals surface area (Å²) in [7, 11) is 0. The maximum Gasteiger partial charge on any atom is 0.224 e. The van der Waals surface area contributed by atoms with E-state index in [4.69, 9.17) is 27.9 Å². The Hall–Kier alpha value is -2.09. The molecule has 2 N–H and O–H groups in total. The van der Waals surface area contributed by atoms with E-state index in [1.165, 1.54) is 6.07 Å². The number of carbonyl (C=O) groups is 1. The average Bonchev–Trinajstić information content (AvgIpc) is 2.74. The van der Waals surface area contributed by atoms with Crippen LogP contribution in [0.15, 0.2) is 24.4 Å². The molecule has 0 radical (unpaired) electrons. The number of aliphatic hydroxyl groups is 1. The number of benzene rings is 1. The SMILES string of the molecule is O=C1CCc2c(OCC3(CO)CCN(c4ncc(Cl)cc4Cl)CC3)ccc(F)c2N1. The van der Waals surface area contributed by atoms with E-state index in [2.05, 4.69) is 15.2 Å². The summed E-state index contributed by atoms with van der Waals surface area (Å²) < 4.78 is 20.1. The van der Waals surface area contributed by atoms with E-state index in [1.807, 2.05) is 0 Å². The van der Waals surface area contributed by atoms with Crippen molar-refractivity contribution in [3.05, 3.63) is 45.8 Å². The molecule has 0 saturated carbocycles. The fourth-order valence-corrected chi connectivity index (χ4v) is 4.47. The summed E-state index contributed by atoms with van der Waals surface area (Å²) in [4.78, 5) is 18.0. The van der Waals surface area contributed by atoms with Gasteiger partial charge in [-0.3, -0.25) is 4.79 Å². The van der Waals surface area contributed by atoms with E-state index < -0.39 is 11.2 Å². The molecule has 30 heavy (non-hydrogen) atoms. The predicted molar refractivity (Wildman–Crippen MR) is 114 cm³/mol. The van der Waals surface area contributed by atoms with Crippen LogP contribution < -0.4 is 15.0 Å². The predicted octanol–water partition coefficient (Wildman–Crippen LogP) is 4.07. The van der Waals surface area contributed by atoms with Gasteiger partial charge in [0.25, 0.3) is 0 Å². The molecule has 4 rings (SSSR count). The van der Waals surface area contributed by atoms with Crippen LogP contribution in [-0.2, 0) is 11.2 Å². The van der Waals surface area contributed by atoms with Crippen LogP contribution in [0.5, 0.6) is 5.75 Å². The number of hydrogen-bond donors (Lipinski definition) is 2. The third-order valence-electron chi connectivity index (χ3n) is 5.87. The van der Waals surface area contributed by atoms with Crippen molar-refractivity contribution in [2.24, 2.45) is 5.41 Å². The van der Waals surface area contributed by atoms with E-state index in [1.54, 1.807) is 18.3 Å². The van der Waals surface area contributed by atoms with Crippen molar-refractivity contribution in [2.45, 2.75) is 25.7 Å². The lowest BCUT2D eigenvalue weighted by molar-refractivity contribution is -0.116. The third-order valence-corrected chi connectivity index (χ3v) is 6.35. The monoisotopic (exact) mass is 453 g/mol. The van der Waals surface area contributed by atoms with Gasteiger partial charge >= 0.3 is 0 Å². The topological polar surface area (TPSA) is 74.7 Å². The lowest BCUT2D eigenvalue weighted by Gasteiger charge is -2.41. The first-order valence-electron chi connectivity index (χ1n) is 9.82. The Morgan fingerprint density at radius 3 is 2.73 bits per heavy atom. The van der Waals surface area contributed by atoms with Gasteiger partial charge in [0.1, 0.15) is 17.4 Å². The van der Waals surface area contributed by atoms with Crippen LogP contribution in [0.2, 0.25) is 10.0 Å². The van der Waals surface area contributed by atoms with Crippen LogP contribution in [-0.4, -0.2) is 42.3 Å². The van der Waals surface area contributed by atoms with E-state index in [0.717, 1.165) is 0 Å². The maximum absolute atomic E-state index is 14.1. The molecule has 0 unspecified atom stereocenters. The fourth-order valence-electron chi connectivity index (χ4n) is 3.97. The molecule has 1 saturated heterocycles. The summed E-state index contributed by atoms with van der Waals surface area (Å²) in [6.45, 7) is 1.60. The van der Waals surface area contributed by atoms with Crippen molar-refractivity contribution in [2.75, 3.05) is 36.5 Å². The Morgan fingerprint density at radius 2 is 2.03 bits per heavy atom. The van der Waals surface area contributed by atoms with Crippen molar-refractivity contribution >= 4 is 40.6 Å². The lowest BCUT2D eigenvalue weighted by atomic mass is 9.80. The van der Waals surface area contributed by atoms with Crippen LogP contribution in [0.1, 0.15) is 24.8 Å². The highest BCUT2D eigenvalue weighted by Gasteiger charge is 2.36. The second-order valence-corrected chi connectivity index (χ2v) is 8.68. The Balaban J connectivity index is 1.45. The second-order valence-electron chi connectivity index (χ2n) is 7.84. The number of aliphatic hydroxyl groups excluding tert-OH is 1. The van der Waals surface area contributed by atoms with Gasteiger partial charge in [-0.1, -0.05) is 23.2 Å². The molecule has 1 aromatic carbocycles. The number of anilines is 2. The normalized spacial score (nSPS) is 18.0. The molecular formula is C21H22Cl2FN3O3. The number of carbonyl (C=O) groups excluding carboxylic acids is 1. The summed E-state index contributed by atoms with van der Waals surface area (Å²) in [5.41, 5.74) is 0.437. The molecule has 0 spiro atoms. The largest absolute Gasteiger partial charge is 0.493 e. The van der Waals surface area contributed by atoms with Crippen molar-refractivity contribution in [1.29, 1.82) is 0 Å². The minimum absolute atomic E-state index is 0.0251. The number of piperidine rings is 1. The van der Waals surface area contributed by atoms with Crippen LogP contribution in [0, 0.1) is 11.2 Å². The summed E-state index contributed by atoms with van der Waals surface area (Å²) in [5.74, 6) is 0.552. The van der Waals surface area contributed by atoms with Gasteiger partial charge in [0.15, 0.2) is 0 Å². The first-order chi connectivity index (χ1) is 14.4. The summed E-state index contributed by atoms with van der Waals surface area (Å²) >= 11 is 12.2. The minimum Gasteiger partial charge on any atom is -0.493 e. The highest BCUT2D eigenvalue weighted by atomic mass is 35.5. The van der Waals surface area contributed by atoms with Gasteiger partial charge in [0, 0.05) is 36.7 Å². The molecule has 1 aromatic heterocycles. The Bertz CT molecular complexity index is 965. The molecular weight excluding hydrogens is 432 g/mol. The number of fused-ring (bicyclic) bond motifs is 1. The Labute approximate surface area is 183 Å². The van der Waals surface area contributed by atoms with Crippen molar-refractivity contribution in [3.63, 3.8) is 0 Å². The number of nitrogens with zero attached hydrogens (tertiary/aromatic N) is 2. The number of halogens is 3. The lowest BCUT2D eigenvalue weighted by Crippen LogP contribution is -2.45. The van der Waals surface area contributed by atoms with Gasteiger partial charge < -0.3 is 20.1 Å². The van der Waals surface area contributed by atoms with Gasteiger partial charge in [-0.15, -0.1) is 0 Å². The van der Waals surface area contributed by atoms with Crippen molar-refractivity contribution in [3.8, 4) is 5.75 Å². The molecule has 0 aliphatic carbocycles. The molecule has 2 aliphatic rings. The number of aromatic nitrogens is 1. The Morgan fingerprint density at radius 1 is 1.27 bits per heavy atom. The standard InChI is InChI=1S/C21H22Cl2FN3O3/c22-13-9-15(23)20(25-10-13)27-7-5-21(11-28,6-8-27)12-30-17-3-2-16(24)19-14(17)1-4-18(29)26-19/h2-3,9-10,28H,1,4-8,11-12H2,(H,26,29). The number of pyridine rings is 1. The molecule has 1 amide bonds. The molecule has 1 fully saturated rings. The van der Waals surface area contributed by atoms with Gasteiger partial charge in [-0.25, -0.2) is 9.37 Å². The molecule has 9 heteroatoms. The van der Waals surface area contributed by atoms with E-state index >= 15 is 0 Å². The van der Waals surface area contributed by atoms with Crippen molar-refractivity contribution < 1.29 is 19.0 Å². The van der Waals surface area contributed by atoms with Gasteiger partial charge in [0.05, 0.1) is 28.9 Å². The molecule has 160 valence electrons. The number of rotatable bonds is 5. The highest BCUT2D eigenvalue weighted by Crippen LogP contribution is 2.38. The smallest absolute Gasteiger partial charge is 0.224 e. The molecule has 0 atom stereocenters.